The van der Waals surface area contributed by atoms with Gasteiger partial charge in [0.1, 0.15) is 45.1 Å². The van der Waals surface area contributed by atoms with Gasteiger partial charge in [-0.05, 0) is 213 Å². The quantitative estimate of drug-likeness (QED) is 0.0897. The molecule has 9 amide bonds. The number of aryl methyl sites for hydroxylation is 9. The van der Waals surface area contributed by atoms with Gasteiger partial charge in [-0.15, -0.1) is 0 Å². The summed E-state index contributed by atoms with van der Waals surface area (Å²) >= 11 is 21.2. The Morgan fingerprint density at radius 2 is 0.613 bits per heavy atom. The number of primary amides is 1. The zero-order valence-corrected chi connectivity index (χ0v) is 86.0. The van der Waals surface area contributed by atoms with Crippen molar-refractivity contribution in [2.45, 2.75) is 199 Å². The third-order valence-electron chi connectivity index (χ3n) is 14.8. The van der Waals surface area contributed by atoms with E-state index < -0.39 is 5.24 Å². The van der Waals surface area contributed by atoms with E-state index in [9.17, 15) is 43.2 Å². The lowest BCUT2D eigenvalue weighted by Gasteiger charge is -2.34. The van der Waals surface area contributed by atoms with Crippen LogP contribution in [0.4, 0.5) is 43.2 Å². The molecule has 4 aliphatic rings. The van der Waals surface area contributed by atoms with Crippen LogP contribution < -0.4 is 11.2 Å². The average Bonchev–Trinajstić information content (AvgIpc) is 1.68. The number of likely N-dealkylation sites (tertiary alicyclic amines) is 2. The fourth-order valence-corrected chi connectivity index (χ4v) is 20.5. The number of aromatic nitrogens is 18. The Bertz CT molecular complexity index is 4620. The van der Waals surface area contributed by atoms with Crippen molar-refractivity contribution in [3.8, 4) is 0 Å². The lowest BCUT2D eigenvalue weighted by molar-refractivity contribution is -0.0515. The smallest absolute Gasteiger partial charge is 0.310 e. The second kappa shape index (κ2) is 60.2. The molecule has 13 rings (SSSR count). The highest BCUT2D eigenvalue weighted by molar-refractivity contribution is 8.15. The minimum absolute atomic E-state index is 0.00444. The number of carbonyl (C=O) groups is 9. The minimum Gasteiger partial charge on any atom is -0.378 e. The summed E-state index contributed by atoms with van der Waals surface area (Å²) in [5.74, 6) is 0. The van der Waals surface area contributed by atoms with Crippen molar-refractivity contribution < 1.29 is 57.5 Å². The number of hydroxylamine groups is 1. The van der Waals surface area contributed by atoms with E-state index in [0.717, 1.165) is 203 Å². The number of morpholine rings is 2. The summed E-state index contributed by atoms with van der Waals surface area (Å²) in [5, 5.41) is 12.0. The summed E-state index contributed by atoms with van der Waals surface area (Å²) in [5.41, 5.74) is 7.03. The molecule has 4 saturated heterocycles. The van der Waals surface area contributed by atoms with E-state index in [4.69, 9.17) is 15.2 Å². The maximum absolute atomic E-state index is 12.1. The minimum atomic E-state index is -0.474. The molecule has 682 valence electrons. The molecule has 4 fully saturated rings. The number of rotatable bonds is 11. The first-order chi connectivity index (χ1) is 59.0. The molecule has 0 radical (unpaired) electrons. The van der Waals surface area contributed by atoms with Crippen LogP contribution in [0, 0.1) is 62.3 Å². The van der Waals surface area contributed by atoms with E-state index in [1.54, 1.807) is 49.9 Å². The van der Waals surface area contributed by atoms with E-state index in [1.807, 2.05) is 92.9 Å². The molecule has 2 atom stereocenters. The van der Waals surface area contributed by atoms with Crippen molar-refractivity contribution in [2.24, 2.45) is 5.73 Å². The number of carbonyl (C=O) groups excluding carboxylic acids is 9. The highest BCUT2D eigenvalue weighted by atomic mass is 32.2. The molecular formula is C67H99N27O12S18. The summed E-state index contributed by atoms with van der Waals surface area (Å²) in [6.45, 7) is 30.8. The molecule has 57 heteroatoms. The summed E-state index contributed by atoms with van der Waals surface area (Å²) < 4.78 is 46.9. The van der Waals surface area contributed by atoms with Crippen LogP contribution in [-0.4, -0.2) is 292 Å². The predicted octanol–water partition coefficient (Wildman–Crippen LogP) is 17.3. The largest absolute Gasteiger partial charge is 0.378 e. The van der Waals surface area contributed by atoms with Crippen molar-refractivity contribution in [3.63, 3.8) is 0 Å². The highest BCUT2D eigenvalue weighted by Gasteiger charge is 2.28. The number of nitrogens with two attached hydrogens (primary N) is 1. The second-order valence-corrected chi connectivity index (χ2v) is 42.7. The van der Waals surface area contributed by atoms with Crippen molar-refractivity contribution in [2.75, 3.05) is 114 Å². The fraction of sp³-hybridized carbons (Fsp3) is 0.597. The van der Waals surface area contributed by atoms with Gasteiger partial charge >= 0.3 is 5.24 Å². The molecule has 9 aromatic heterocycles. The summed E-state index contributed by atoms with van der Waals surface area (Å²) in [7, 11) is 9.94. The van der Waals surface area contributed by atoms with Crippen LogP contribution in [0.1, 0.15) is 124 Å². The number of amides is 9. The van der Waals surface area contributed by atoms with Gasteiger partial charge in [0.25, 0.3) is 41.9 Å². The topological polar surface area (TPSA) is 474 Å². The van der Waals surface area contributed by atoms with E-state index in [-0.39, 0.29) is 54.1 Å². The molecule has 0 spiro atoms. The summed E-state index contributed by atoms with van der Waals surface area (Å²) in [6.07, 6.45) is 10.9. The monoisotopic (exact) mass is 2050 g/mol. The molecule has 4 aliphatic heterocycles. The predicted molar refractivity (Wildman–Crippen MR) is 502 cm³/mol. The first-order valence-corrected chi connectivity index (χ1v) is 51.9. The molecule has 0 aliphatic carbocycles. The van der Waals surface area contributed by atoms with Gasteiger partial charge in [0, 0.05) is 200 Å². The van der Waals surface area contributed by atoms with Crippen LogP contribution in [0.25, 0.3) is 0 Å². The van der Waals surface area contributed by atoms with Crippen LogP contribution in [0.2, 0.25) is 0 Å². The summed E-state index contributed by atoms with van der Waals surface area (Å²) in [6, 6.07) is 0. The van der Waals surface area contributed by atoms with E-state index in [2.05, 4.69) is 94.5 Å². The lowest BCUT2D eigenvalue weighted by atomic mass is 10.1. The Labute approximate surface area is 795 Å². The highest BCUT2D eigenvalue weighted by Crippen LogP contribution is 2.29. The maximum Gasteiger partial charge on any atom is 0.310 e. The molecule has 9 aromatic rings. The molecule has 124 heavy (non-hydrogen) atoms. The number of hydrogen-bond acceptors (Lipinski definition) is 48. The number of nitrogens with zero attached hydrogens (tertiary/aromatic N) is 25. The van der Waals surface area contributed by atoms with Gasteiger partial charge in [0.15, 0.2) is 0 Å². The van der Waals surface area contributed by atoms with Crippen LogP contribution in [0.15, 0.2) is 46.4 Å². The molecule has 39 nitrogen and oxygen atoms in total. The van der Waals surface area contributed by atoms with Gasteiger partial charge in [-0.3, -0.25) is 48.0 Å². The van der Waals surface area contributed by atoms with Crippen molar-refractivity contribution in [3.05, 3.63) is 45.1 Å². The molecule has 0 aromatic carbocycles. The lowest BCUT2D eigenvalue weighted by Crippen LogP contribution is -2.46. The van der Waals surface area contributed by atoms with E-state index >= 15 is 0 Å². The Balaban J connectivity index is 0.000000249. The fourth-order valence-electron chi connectivity index (χ4n) is 9.13. The van der Waals surface area contributed by atoms with Gasteiger partial charge in [-0.2, -0.15) is 39.4 Å². The number of thioether (sulfide) groups is 9. The Kier molecular flexibility index (Phi) is 52.9. The Morgan fingerprint density at radius 1 is 0.371 bits per heavy atom. The molecule has 0 saturated carbocycles. The second-order valence-electron chi connectivity index (χ2n) is 25.8. The van der Waals surface area contributed by atoms with Crippen LogP contribution in [-0.2, 0) is 14.3 Å². The van der Waals surface area contributed by atoms with E-state index in [1.165, 1.54) is 153 Å². The number of nitrogens with one attached hydrogen (secondary N) is 1. The van der Waals surface area contributed by atoms with Gasteiger partial charge in [-0.1, -0.05) is 32.1 Å². The SMILES string of the molecule is CCN(C)C(=O)Sc1nsc(C)n1.CONC(=O)Sc1nsc(C)n1.Cc1nc(SC(=O)N(C)C)ns1.Cc1nc(SC(=O)N(C)C)ns1.Cc1nc(SC(=O)N2CC(C)OC(C)C2)ns1.Cc1nc(SC(=O)N2CCCCCC2)ns1.Cc1nc(SC(=O)N2CCCCCCC2)ns1.Cc1nc(SC(=O)N2CCOCC2)ns1.Cc1nc(SC(N)=O)ns1. The zero-order valence-electron chi connectivity index (χ0n) is 71.3. The summed E-state index contributed by atoms with van der Waals surface area (Å²) in [4.78, 5) is 156. The first kappa shape index (κ1) is 109. The first-order valence-electron chi connectivity index (χ1n) is 37.6. The average molecular weight is 2050 g/mol. The van der Waals surface area contributed by atoms with Gasteiger partial charge < -0.3 is 49.5 Å². The van der Waals surface area contributed by atoms with E-state index in [0.29, 0.717) is 92.3 Å². The van der Waals surface area contributed by atoms with Crippen LogP contribution in [0.3, 0.4) is 0 Å². The van der Waals surface area contributed by atoms with Crippen molar-refractivity contribution in [1.29, 1.82) is 0 Å². The number of ether oxygens (including phenoxy) is 2. The van der Waals surface area contributed by atoms with Gasteiger partial charge in [0.2, 0.25) is 46.4 Å². The standard InChI is InChI=1S/C11H17N3OS2.C10H15N3O2S2.C10H15N3OS2.C8H11N3O2S2.C7H11N3OS2.2C6H9N3OS2.C5H7N3O2S2.C4H5N3OS2/c1-9-12-10(13-17-9)16-11(15)14-7-5-3-2-4-6-8-14;1-6-4-13(5-7(2)15-6)10(14)16-9-11-8(3)17-12-9;1-8-11-9(12-16-8)15-10(14)13-6-4-2-3-5-7-13;1-6-9-7(10-15-6)14-8(12)11-2-4-13-5-3-11;1-4-10(3)7(11)12-6-8-5(2)13-9-6;2*1-4-7-5(8-12-4)11-6(10)9(2)3;1-3-6-4(8-12-3)11-5(9)7-10-2;1-2-6-4(7-10-2)9-3(5)8/h2-8H2,1H3;6-7H,4-5H2,1-3H3;2-7H2,1H3;2-5H2,1H3;4H2,1-3H3;2*1-3H3;1-2H3,(H,7,9);1H3,(H2,5,8). The molecular weight excluding hydrogens is 1950 g/mol. The van der Waals surface area contributed by atoms with Gasteiger partial charge in [0.05, 0.1) is 32.5 Å². The molecule has 3 N–H and O–H groups in total. The van der Waals surface area contributed by atoms with Crippen LogP contribution in [0.5, 0.6) is 0 Å². The normalized spacial score (nSPS) is 14.8. The van der Waals surface area contributed by atoms with Crippen molar-refractivity contribution in [1.82, 2.24) is 124 Å². The zero-order chi connectivity index (χ0) is 91.2. The maximum atomic E-state index is 12.1. The third-order valence-corrected chi connectivity index (χ3v) is 28.5. The van der Waals surface area contributed by atoms with Crippen molar-refractivity contribution >= 4 is 257 Å². The third kappa shape index (κ3) is 46.0. The molecule has 2 unspecified atom stereocenters. The Hall–Kier alpha value is -5.70. The van der Waals surface area contributed by atoms with Crippen LogP contribution >= 0.6 is 210 Å². The Morgan fingerprint density at radius 3 is 0.863 bits per heavy atom. The number of hydrogen-bond donors (Lipinski definition) is 2. The molecule has 0 bridgehead atoms. The van der Waals surface area contributed by atoms with Gasteiger partial charge in [-0.25, -0.2) is 50.3 Å². The molecule has 13 heterocycles.